The van der Waals surface area contributed by atoms with Crippen molar-refractivity contribution in [3.8, 4) is 22.6 Å². The SMILES string of the molecule is COc1cc2occ(-c3ccccc3OC)c2cc1/C(C)=C/C(=O)NCCCn1ccnc1. The summed E-state index contributed by atoms with van der Waals surface area (Å²) < 4.78 is 18.9. The number of hydrogen-bond acceptors (Lipinski definition) is 5. The van der Waals surface area contributed by atoms with Gasteiger partial charge in [-0.25, -0.2) is 4.98 Å². The molecule has 7 heteroatoms. The molecule has 1 N–H and O–H groups in total. The smallest absolute Gasteiger partial charge is 0.244 e. The standard InChI is InChI=1S/C26H27N3O4/c1-18(13-26(30)28-9-6-11-29-12-10-27-17-29)20-14-21-22(16-33-25(21)15-24(20)32-3)19-7-4-5-8-23(19)31-2/h4-5,7-8,10,12-17H,6,9,11H2,1-3H3,(H,28,30)/b18-13+. The van der Waals surface area contributed by atoms with E-state index in [1.807, 2.05) is 54.1 Å². The van der Waals surface area contributed by atoms with Gasteiger partial charge >= 0.3 is 0 Å². The molecule has 0 spiro atoms. The van der Waals surface area contributed by atoms with Gasteiger partial charge in [0, 0.05) is 59.7 Å². The minimum absolute atomic E-state index is 0.141. The second-order valence-corrected chi connectivity index (χ2v) is 7.67. The Labute approximate surface area is 192 Å². The average Bonchev–Trinajstić information content (AvgIpc) is 3.50. The van der Waals surface area contributed by atoms with Crippen LogP contribution in [0.3, 0.4) is 0 Å². The lowest BCUT2D eigenvalue weighted by Crippen LogP contribution is -2.23. The van der Waals surface area contributed by atoms with E-state index in [9.17, 15) is 4.79 Å². The Hall–Kier alpha value is -4.00. The average molecular weight is 446 g/mol. The van der Waals surface area contributed by atoms with Crippen LogP contribution in [0.25, 0.3) is 27.7 Å². The van der Waals surface area contributed by atoms with Crippen LogP contribution in [0.15, 0.2) is 71.9 Å². The van der Waals surface area contributed by atoms with E-state index in [-0.39, 0.29) is 5.91 Å². The molecule has 0 radical (unpaired) electrons. The fourth-order valence-corrected chi connectivity index (χ4v) is 3.83. The van der Waals surface area contributed by atoms with Crippen molar-refractivity contribution >= 4 is 22.4 Å². The molecule has 33 heavy (non-hydrogen) atoms. The van der Waals surface area contributed by atoms with Gasteiger partial charge in [0.1, 0.15) is 17.1 Å². The molecule has 0 unspecified atom stereocenters. The highest BCUT2D eigenvalue weighted by Crippen LogP contribution is 2.40. The molecule has 2 heterocycles. The molecule has 0 saturated heterocycles. The zero-order valence-electron chi connectivity index (χ0n) is 19.0. The minimum atomic E-state index is -0.141. The van der Waals surface area contributed by atoms with Gasteiger partial charge in [-0.3, -0.25) is 4.79 Å². The number of benzene rings is 2. The summed E-state index contributed by atoms with van der Waals surface area (Å²) >= 11 is 0. The van der Waals surface area contributed by atoms with Crippen LogP contribution in [-0.4, -0.2) is 36.2 Å². The number of nitrogens with zero attached hydrogens (tertiary/aromatic N) is 2. The maximum absolute atomic E-state index is 12.5. The number of imidazole rings is 1. The number of furan rings is 1. The van der Waals surface area contributed by atoms with E-state index in [2.05, 4.69) is 10.3 Å². The van der Waals surface area contributed by atoms with Crippen molar-refractivity contribution in [3.05, 3.63) is 73.0 Å². The van der Waals surface area contributed by atoms with Crippen LogP contribution in [0.1, 0.15) is 18.9 Å². The first-order chi connectivity index (χ1) is 16.1. The van der Waals surface area contributed by atoms with Crippen LogP contribution in [0, 0.1) is 0 Å². The maximum Gasteiger partial charge on any atom is 0.244 e. The van der Waals surface area contributed by atoms with Crippen LogP contribution in [0.5, 0.6) is 11.5 Å². The van der Waals surface area contributed by atoms with E-state index in [0.717, 1.165) is 46.4 Å². The molecule has 4 aromatic rings. The lowest BCUT2D eigenvalue weighted by molar-refractivity contribution is -0.116. The van der Waals surface area contributed by atoms with Crippen molar-refractivity contribution in [3.63, 3.8) is 0 Å². The van der Waals surface area contributed by atoms with Crippen molar-refractivity contribution in [2.24, 2.45) is 0 Å². The third-order valence-electron chi connectivity index (χ3n) is 5.52. The Morgan fingerprint density at radius 3 is 2.73 bits per heavy atom. The second-order valence-electron chi connectivity index (χ2n) is 7.67. The predicted octanol–water partition coefficient (Wildman–Crippen LogP) is 4.92. The van der Waals surface area contributed by atoms with Gasteiger partial charge in [0.05, 0.1) is 26.8 Å². The molecule has 1 amide bonds. The fraction of sp³-hybridized carbons (Fsp3) is 0.231. The first-order valence-corrected chi connectivity index (χ1v) is 10.8. The van der Waals surface area contributed by atoms with E-state index in [0.29, 0.717) is 17.9 Å². The van der Waals surface area contributed by atoms with Gasteiger partial charge in [0.15, 0.2) is 0 Å². The van der Waals surface area contributed by atoms with Gasteiger partial charge in [-0.05, 0) is 31.1 Å². The third-order valence-corrected chi connectivity index (χ3v) is 5.52. The van der Waals surface area contributed by atoms with Gasteiger partial charge in [-0.15, -0.1) is 0 Å². The molecule has 0 aliphatic heterocycles. The monoisotopic (exact) mass is 445 g/mol. The Bertz CT molecular complexity index is 1270. The van der Waals surface area contributed by atoms with Crippen molar-refractivity contribution in [1.82, 2.24) is 14.9 Å². The topological polar surface area (TPSA) is 78.5 Å². The number of carbonyl (C=O) groups excluding carboxylic acids is 1. The van der Waals surface area contributed by atoms with Gasteiger partial charge in [0.2, 0.25) is 5.91 Å². The number of fused-ring (bicyclic) bond motifs is 1. The summed E-state index contributed by atoms with van der Waals surface area (Å²) in [6.45, 7) is 3.29. The number of ether oxygens (including phenoxy) is 2. The predicted molar refractivity (Wildman–Crippen MR) is 128 cm³/mol. The second kappa shape index (κ2) is 10.1. The van der Waals surface area contributed by atoms with Crippen molar-refractivity contribution in [2.75, 3.05) is 20.8 Å². The van der Waals surface area contributed by atoms with E-state index < -0.39 is 0 Å². The normalized spacial score (nSPS) is 11.5. The van der Waals surface area contributed by atoms with Gasteiger partial charge in [-0.1, -0.05) is 18.2 Å². The molecule has 0 fully saturated rings. The zero-order chi connectivity index (χ0) is 23.2. The number of hydrogen-bond donors (Lipinski definition) is 1. The minimum Gasteiger partial charge on any atom is -0.496 e. The molecule has 0 bridgehead atoms. The Morgan fingerprint density at radius 2 is 1.97 bits per heavy atom. The van der Waals surface area contributed by atoms with Crippen LogP contribution in [0.2, 0.25) is 0 Å². The molecule has 0 aliphatic carbocycles. The Morgan fingerprint density at radius 1 is 1.15 bits per heavy atom. The third kappa shape index (κ3) is 4.92. The number of amides is 1. The van der Waals surface area contributed by atoms with Gasteiger partial charge in [0.25, 0.3) is 0 Å². The Kier molecular flexibility index (Phi) is 6.78. The number of allylic oxidation sites excluding steroid dienone is 1. The molecule has 4 rings (SSSR count). The fourth-order valence-electron chi connectivity index (χ4n) is 3.83. The number of methoxy groups -OCH3 is 2. The number of aryl methyl sites for hydroxylation is 1. The molecule has 2 aromatic heterocycles. The first kappa shape index (κ1) is 22.2. The van der Waals surface area contributed by atoms with Crippen LogP contribution in [-0.2, 0) is 11.3 Å². The first-order valence-electron chi connectivity index (χ1n) is 10.8. The summed E-state index contributed by atoms with van der Waals surface area (Å²) in [5.41, 5.74) is 4.19. The molecular formula is C26H27N3O4. The highest BCUT2D eigenvalue weighted by molar-refractivity contribution is 6.01. The van der Waals surface area contributed by atoms with Crippen molar-refractivity contribution < 1.29 is 18.7 Å². The number of nitrogens with one attached hydrogen (secondary N) is 1. The van der Waals surface area contributed by atoms with E-state index in [1.54, 1.807) is 39.1 Å². The van der Waals surface area contributed by atoms with Crippen LogP contribution < -0.4 is 14.8 Å². The highest BCUT2D eigenvalue weighted by atomic mass is 16.5. The van der Waals surface area contributed by atoms with Crippen LogP contribution in [0.4, 0.5) is 0 Å². The summed E-state index contributed by atoms with van der Waals surface area (Å²) in [5, 5.41) is 3.86. The molecule has 2 aromatic carbocycles. The molecule has 0 atom stereocenters. The van der Waals surface area contributed by atoms with Crippen molar-refractivity contribution in [2.45, 2.75) is 19.9 Å². The number of aromatic nitrogens is 2. The highest BCUT2D eigenvalue weighted by Gasteiger charge is 2.16. The lowest BCUT2D eigenvalue weighted by Gasteiger charge is -2.11. The lowest BCUT2D eigenvalue weighted by atomic mass is 9.98. The van der Waals surface area contributed by atoms with Gasteiger partial charge in [-0.2, -0.15) is 0 Å². The molecule has 0 aliphatic rings. The van der Waals surface area contributed by atoms with E-state index in [1.165, 1.54) is 0 Å². The molecular weight excluding hydrogens is 418 g/mol. The van der Waals surface area contributed by atoms with Crippen LogP contribution >= 0.6 is 0 Å². The summed E-state index contributed by atoms with van der Waals surface area (Å²) in [5.74, 6) is 1.27. The maximum atomic E-state index is 12.5. The summed E-state index contributed by atoms with van der Waals surface area (Å²) in [4.78, 5) is 16.5. The number of rotatable bonds is 9. The Balaban J connectivity index is 1.57. The van der Waals surface area contributed by atoms with E-state index >= 15 is 0 Å². The number of para-hydroxylation sites is 1. The number of carbonyl (C=O) groups is 1. The van der Waals surface area contributed by atoms with Gasteiger partial charge < -0.3 is 23.8 Å². The summed E-state index contributed by atoms with van der Waals surface area (Å²) in [6, 6.07) is 11.7. The molecule has 0 saturated carbocycles. The van der Waals surface area contributed by atoms with Crippen molar-refractivity contribution in [1.29, 1.82) is 0 Å². The summed E-state index contributed by atoms with van der Waals surface area (Å²) in [6.07, 6.45) is 9.56. The molecule has 170 valence electrons. The zero-order valence-corrected chi connectivity index (χ0v) is 19.0. The molecule has 7 nitrogen and oxygen atoms in total. The quantitative estimate of drug-likeness (QED) is 0.292. The summed E-state index contributed by atoms with van der Waals surface area (Å²) in [7, 11) is 3.26. The largest absolute Gasteiger partial charge is 0.496 e. The van der Waals surface area contributed by atoms with E-state index in [4.69, 9.17) is 13.9 Å².